The normalized spacial score (nSPS) is 16.4. The Hall–Kier alpha value is -1.18. The first-order valence-electron chi connectivity index (χ1n) is 5.98. The summed E-state index contributed by atoms with van der Waals surface area (Å²) in [5, 5.41) is 0. The van der Waals surface area contributed by atoms with Gasteiger partial charge in [-0.2, -0.15) is 0 Å². The fourth-order valence-electron chi connectivity index (χ4n) is 2.76. The minimum Gasteiger partial charge on any atom is -0.497 e. The smallest absolute Gasteiger partial charge is 0.126 e. The largest absolute Gasteiger partial charge is 0.497 e. The van der Waals surface area contributed by atoms with Crippen molar-refractivity contribution in [2.75, 3.05) is 14.2 Å². The molecule has 0 heterocycles. The van der Waals surface area contributed by atoms with Gasteiger partial charge >= 0.3 is 0 Å². The lowest BCUT2D eigenvalue weighted by Crippen LogP contribution is -2.01. The summed E-state index contributed by atoms with van der Waals surface area (Å²) in [4.78, 5) is 0. The van der Waals surface area contributed by atoms with Gasteiger partial charge in [-0.1, -0.05) is 12.8 Å². The molecule has 1 aliphatic rings. The van der Waals surface area contributed by atoms with E-state index >= 15 is 0 Å². The van der Waals surface area contributed by atoms with Crippen molar-refractivity contribution in [3.8, 4) is 11.5 Å². The number of rotatable bonds is 3. The van der Waals surface area contributed by atoms with Crippen molar-refractivity contribution in [1.29, 1.82) is 0 Å². The fourth-order valence-corrected chi connectivity index (χ4v) is 2.76. The van der Waals surface area contributed by atoms with Gasteiger partial charge in [0, 0.05) is 11.6 Å². The van der Waals surface area contributed by atoms with E-state index in [2.05, 4.69) is 13.0 Å². The highest BCUT2D eigenvalue weighted by Crippen LogP contribution is 2.42. The summed E-state index contributed by atoms with van der Waals surface area (Å²) in [6.45, 7) is 2.15. The van der Waals surface area contributed by atoms with Crippen LogP contribution in [0.1, 0.15) is 42.7 Å². The second kappa shape index (κ2) is 4.77. The summed E-state index contributed by atoms with van der Waals surface area (Å²) in [7, 11) is 3.44. The minimum absolute atomic E-state index is 0.681. The first kappa shape index (κ1) is 11.3. The Morgan fingerprint density at radius 2 is 1.75 bits per heavy atom. The Morgan fingerprint density at radius 1 is 1.06 bits per heavy atom. The molecule has 16 heavy (non-hydrogen) atoms. The highest BCUT2D eigenvalue weighted by molar-refractivity contribution is 5.48. The van der Waals surface area contributed by atoms with Gasteiger partial charge in [0.1, 0.15) is 11.5 Å². The van der Waals surface area contributed by atoms with E-state index in [1.54, 1.807) is 14.2 Å². The van der Waals surface area contributed by atoms with Crippen LogP contribution in [-0.2, 0) is 0 Å². The maximum atomic E-state index is 5.50. The number of methoxy groups -OCH3 is 2. The van der Waals surface area contributed by atoms with Crippen molar-refractivity contribution in [3.05, 3.63) is 23.3 Å². The third kappa shape index (κ3) is 2.01. The Kier molecular flexibility index (Phi) is 3.37. The molecular formula is C14H20O2. The van der Waals surface area contributed by atoms with Crippen LogP contribution in [0.15, 0.2) is 12.1 Å². The second-order valence-corrected chi connectivity index (χ2v) is 4.54. The van der Waals surface area contributed by atoms with Gasteiger partial charge in [-0.3, -0.25) is 0 Å². The number of benzene rings is 1. The zero-order valence-electron chi connectivity index (χ0n) is 10.4. The van der Waals surface area contributed by atoms with Crippen LogP contribution >= 0.6 is 0 Å². The summed E-state index contributed by atoms with van der Waals surface area (Å²) < 4.78 is 10.8. The summed E-state index contributed by atoms with van der Waals surface area (Å²) in [6.07, 6.45) is 5.28. The molecule has 0 aliphatic heterocycles. The Labute approximate surface area is 97.6 Å². The topological polar surface area (TPSA) is 18.5 Å². The van der Waals surface area contributed by atoms with Crippen LogP contribution in [0.3, 0.4) is 0 Å². The summed E-state index contributed by atoms with van der Waals surface area (Å²) in [5.74, 6) is 2.56. The molecule has 0 atom stereocenters. The zero-order chi connectivity index (χ0) is 11.5. The van der Waals surface area contributed by atoms with E-state index < -0.39 is 0 Å². The van der Waals surface area contributed by atoms with Gasteiger partial charge in [-0.05, 0) is 37.3 Å². The zero-order valence-corrected chi connectivity index (χ0v) is 10.4. The van der Waals surface area contributed by atoms with Crippen LogP contribution in [0.25, 0.3) is 0 Å². The molecule has 1 aromatic rings. The number of hydrogen-bond acceptors (Lipinski definition) is 2. The Morgan fingerprint density at radius 3 is 2.31 bits per heavy atom. The standard InChI is InChI=1S/C14H20O2/c1-10-8-12(15-2)9-13(16-3)14(10)11-6-4-5-7-11/h8-9,11H,4-7H2,1-3H3. The van der Waals surface area contributed by atoms with Gasteiger partial charge in [-0.15, -0.1) is 0 Å². The van der Waals surface area contributed by atoms with Gasteiger partial charge in [0.25, 0.3) is 0 Å². The minimum atomic E-state index is 0.681. The van der Waals surface area contributed by atoms with E-state index in [-0.39, 0.29) is 0 Å². The van der Waals surface area contributed by atoms with Crippen molar-refractivity contribution in [2.45, 2.75) is 38.5 Å². The lowest BCUT2D eigenvalue weighted by atomic mass is 9.92. The van der Waals surface area contributed by atoms with Crippen LogP contribution in [0, 0.1) is 6.92 Å². The molecule has 0 N–H and O–H groups in total. The highest BCUT2D eigenvalue weighted by Gasteiger charge is 2.22. The first-order chi connectivity index (χ1) is 7.76. The molecule has 0 unspecified atom stereocenters. The molecule has 88 valence electrons. The van der Waals surface area contributed by atoms with E-state index in [0.717, 1.165) is 11.5 Å². The third-order valence-electron chi connectivity index (χ3n) is 3.54. The Balaban J connectivity index is 2.41. The highest BCUT2D eigenvalue weighted by atomic mass is 16.5. The average molecular weight is 220 g/mol. The van der Waals surface area contributed by atoms with Crippen molar-refractivity contribution in [3.63, 3.8) is 0 Å². The SMILES string of the molecule is COc1cc(C)c(C2CCCC2)c(OC)c1. The van der Waals surface area contributed by atoms with Crippen LogP contribution in [0.5, 0.6) is 11.5 Å². The molecule has 0 bridgehead atoms. The van der Waals surface area contributed by atoms with Gasteiger partial charge in [-0.25, -0.2) is 0 Å². The van der Waals surface area contributed by atoms with Gasteiger partial charge in [0.2, 0.25) is 0 Å². The van der Waals surface area contributed by atoms with Crippen molar-refractivity contribution < 1.29 is 9.47 Å². The molecule has 0 saturated heterocycles. The maximum Gasteiger partial charge on any atom is 0.126 e. The van der Waals surface area contributed by atoms with Crippen LogP contribution in [-0.4, -0.2) is 14.2 Å². The first-order valence-corrected chi connectivity index (χ1v) is 5.98. The van der Waals surface area contributed by atoms with Gasteiger partial charge in [0.05, 0.1) is 14.2 Å². The number of aryl methyl sites for hydroxylation is 1. The molecule has 1 fully saturated rings. The monoisotopic (exact) mass is 220 g/mol. The molecular weight excluding hydrogens is 200 g/mol. The molecule has 1 aromatic carbocycles. The van der Waals surface area contributed by atoms with Crippen LogP contribution in [0.2, 0.25) is 0 Å². The van der Waals surface area contributed by atoms with Crippen LogP contribution < -0.4 is 9.47 Å². The molecule has 2 nitrogen and oxygen atoms in total. The average Bonchev–Trinajstić information content (AvgIpc) is 2.81. The number of hydrogen-bond donors (Lipinski definition) is 0. The lowest BCUT2D eigenvalue weighted by molar-refractivity contribution is 0.387. The molecule has 2 rings (SSSR count). The molecule has 1 saturated carbocycles. The van der Waals surface area contributed by atoms with E-state index in [1.807, 2.05) is 6.07 Å². The Bertz CT molecular complexity index is 365. The molecule has 1 aliphatic carbocycles. The van der Waals surface area contributed by atoms with Gasteiger partial charge < -0.3 is 9.47 Å². The summed E-state index contributed by atoms with van der Waals surface area (Å²) in [5.41, 5.74) is 2.68. The van der Waals surface area contributed by atoms with Crippen molar-refractivity contribution >= 4 is 0 Å². The van der Waals surface area contributed by atoms with Crippen LogP contribution in [0.4, 0.5) is 0 Å². The number of ether oxygens (including phenoxy) is 2. The molecule has 0 spiro atoms. The van der Waals surface area contributed by atoms with Gasteiger partial charge in [0.15, 0.2) is 0 Å². The van der Waals surface area contributed by atoms with E-state index in [1.165, 1.54) is 36.8 Å². The summed E-state index contributed by atoms with van der Waals surface area (Å²) in [6, 6.07) is 4.11. The molecule has 0 amide bonds. The van der Waals surface area contributed by atoms with E-state index in [9.17, 15) is 0 Å². The molecule has 0 aromatic heterocycles. The summed E-state index contributed by atoms with van der Waals surface area (Å²) >= 11 is 0. The molecule has 0 radical (unpaired) electrons. The van der Waals surface area contributed by atoms with Crippen molar-refractivity contribution in [2.24, 2.45) is 0 Å². The van der Waals surface area contributed by atoms with E-state index in [4.69, 9.17) is 9.47 Å². The predicted molar refractivity (Wildman–Crippen MR) is 65.5 cm³/mol. The lowest BCUT2D eigenvalue weighted by Gasteiger charge is -2.18. The molecule has 2 heteroatoms. The third-order valence-corrected chi connectivity index (χ3v) is 3.54. The quantitative estimate of drug-likeness (QED) is 0.773. The predicted octanol–water partition coefficient (Wildman–Crippen LogP) is 3.67. The second-order valence-electron chi connectivity index (χ2n) is 4.54. The fraction of sp³-hybridized carbons (Fsp3) is 0.571. The maximum absolute atomic E-state index is 5.50. The van der Waals surface area contributed by atoms with Crippen molar-refractivity contribution in [1.82, 2.24) is 0 Å². The van der Waals surface area contributed by atoms with E-state index in [0.29, 0.717) is 5.92 Å².